The lowest BCUT2D eigenvalue weighted by Crippen LogP contribution is -2.25. The zero-order valence-electron chi connectivity index (χ0n) is 12.0. The van der Waals surface area contributed by atoms with Crippen LogP contribution in [0, 0.1) is 10.1 Å². The first-order valence-corrected chi connectivity index (χ1v) is 6.75. The smallest absolute Gasteiger partial charge is 0.397 e. The van der Waals surface area contributed by atoms with Crippen LogP contribution in [0.2, 0.25) is 0 Å². The van der Waals surface area contributed by atoms with E-state index in [-0.39, 0.29) is 29.1 Å². The van der Waals surface area contributed by atoms with Gasteiger partial charge in [0.15, 0.2) is 11.6 Å². The Bertz CT molecular complexity index is 924. The normalized spacial score (nSPS) is 11.2. The average Bonchev–Trinajstić information content (AvgIpc) is 2.96. The topological polar surface area (TPSA) is 91.2 Å². The number of nitro groups is 1. The van der Waals surface area contributed by atoms with Crippen molar-refractivity contribution in [2.24, 2.45) is 0 Å². The van der Waals surface area contributed by atoms with E-state index in [1.54, 1.807) is 24.3 Å². The molecule has 2 heterocycles. The van der Waals surface area contributed by atoms with Gasteiger partial charge in [-0.2, -0.15) is 0 Å². The first-order chi connectivity index (χ1) is 10.5. The fraction of sp³-hybridized carbons (Fsp3) is 0.200. The molecule has 0 unspecified atom stereocenters. The Kier molecular flexibility index (Phi) is 3.25. The van der Waals surface area contributed by atoms with Gasteiger partial charge in [0.25, 0.3) is 5.56 Å². The summed E-state index contributed by atoms with van der Waals surface area (Å²) in [6.07, 6.45) is 0. The van der Waals surface area contributed by atoms with E-state index in [0.29, 0.717) is 10.9 Å². The Labute approximate surface area is 125 Å². The standard InChI is InChI=1S/C15H13N3O4/c1-9(2)17-14(12-7-8-13(22-12)18(20)21)16-11-6-4-3-5-10(11)15(17)19/h3-9H,1-2H3. The average molecular weight is 299 g/mol. The molecule has 0 amide bonds. The SMILES string of the molecule is CC(C)n1c(-c2ccc([N+](=O)[O-])o2)nc2ccccc2c1=O. The molecule has 3 rings (SSSR count). The van der Waals surface area contributed by atoms with E-state index in [1.165, 1.54) is 16.7 Å². The summed E-state index contributed by atoms with van der Waals surface area (Å²) in [5.74, 6) is 0.0998. The van der Waals surface area contributed by atoms with Gasteiger partial charge < -0.3 is 4.42 Å². The van der Waals surface area contributed by atoms with Gasteiger partial charge in [-0.05, 0) is 32.0 Å². The minimum atomic E-state index is -0.623. The summed E-state index contributed by atoms with van der Waals surface area (Å²) in [5.41, 5.74) is 0.327. The molecule has 0 aliphatic rings. The van der Waals surface area contributed by atoms with Crippen molar-refractivity contribution >= 4 is 16.8 Å². The lowest BCUT2D eigenvalue weighted by Gasteiger charge is -2.14. The second-order valence-corrected chi connectivity index (χ2v) is 5.12. The van der Waals surface area contributed by atoms with Crippen molar-refractivity contribution in [2.45, 2.75) is 19.9 Å². The van der Waals surface area contributed by atoms with Crippen LogP contribution in [-0.4, -0.2) is 14.5 Å². The third-order valence-electron chi connectivity index (χ3n) is 3.32. The van der Waals surface area contributed by atoms with Gasteiger partial charge in [-0.25, -0.2) is 4.98 Å². The van der Waals surface area contributed by atoms with Crippen LogP contribution in [0.3, 0.4) is 0 Å². The number of rotatable bonds is 3. The Morgan fingerprint density at radius 3 is 2.59 bits per heavy atom. The summed E-state index contributed by atoms with van der Waals surface area (Å²) >= 11 is 0. The zero-order chi connectivity index (χ0) is 15.9. The molecule has 112 valence electrons. The first kappa shape index (κ1) is 14.0. The number of para-hydroxylation sites is 1. The maximum Gasteiger partial charge on any atom is 0.433 e. The molecular weight excluding hydrogens is 286 g/mol. The molecule has 1 aromatic carbocycles. The van der Waals surface area contributed by atoms with Gasteiger partial charge in [0.1, 0.15) is 4.92 Å². The molecule has 7 nitrogen and oxygen atoms in total. The van der Waals surface area contributed by atoms with Gasteiger partial charge >= 0.3 is 5.88 Å². The highest BCUT2D eigenvalue weighted by atomic mass is 16.6. The molecule has 3 aromatic rings. The van der Waals surface area contributed by atoms with Crippen LogP contribution in [0.1, 0.15) is 19.9 Å². The van der Waals surface area contributed by atoms with E-state index in [1.807, 2.05) is 13.8 Å². The fourth-order valence-electron chi connectivity index (χ4n) is 2.34. The van der Waals surface area contributed by atoms with Gasteiger partial charge in [-0.15, -0.1) is 0 Å². The van der Waals surface area contributed by atoms with Crippen LogP contribution in [0.25, 0.3) is 22.5 Å². The summed E-state index contributed by atoms with van der Waals surface area (Å²) in [7, 11) is 0. The molecule has 0 saturated heterocycles. The maximum absolute atomic E-state index is 12.7. The molecule has 0 aliphatic carbocycles. The van der Waals surface area contributed by atoms with Crippen molar-refractivity contribution in [1.29, 1.82) is 0 Å². The fourth-order valence-corrected chi connectivity index (χ4v) is 2.34. The maximum atomic E-state index is 12.7. The highest BCUT2D eigenvalue weighted by molar-refractivity contribution is 5.79. The Morgan fingerprint density at radius 2 is 1.95 bits per heavy atom. The van der Waals surface area contributed by atoms with Crippen LogP contribution in [0.15, 0.2) is 45.6 Å². The van der Waals surface area contributed by atoms with E-state index in [9.17, 15) is 14.9 Å². The Balaban J connectivity index is 2.33. The lowest BCUT2D eigenvalue weighted by molar-refractivity contribution is -0.401. The quantitative estimate of drug-likeness (QED) is 0.547. The van der Waals surface area contributed by atoms with E-state index in [2.05, 4.69) is 4.98 Å². The minimum absolute atomic E-state index is 0.163. The first-order valence-electron chi connectivity index (χ1n) is 6.75. The van der Waals surface area contributed by atoms with E-state index < -0.39 is 4.92 Å². The van der Waals surface area contributed by atoms with Gasteiger partial charge in [-0.3, -0.25) is 19.5 Å². The molecule has 22 heavy (non-hydrogen) atoms. The minimum Gasteiger partial charge on any atom is -0.397 e. The van der Waals surface area contributed by atoms with Crippen LogP contribution < -0.4 is 5.56 Å². The monoisotopic (exact) mass is 299 g/mol. The number of hydrogen-bond acceptors (Lipinski definition) is 5. The van der Waals surface area contributed by atoms with Gasteiger partial charge in [-0.1, -0.05) is 12.1 Å². The van der Waals surface area contributed by atoms with Crippen molar-refractivity contribution in [1.82, 2.24) is 9.55 Å². The summed E-state index contributed by atoms with van der Waals surface area (Å²) in [6, 6.07) is 9.52. The van der Waals surface area contributed by atoms with Crippen LogP contribution in [0.4, 0.5) is 5.88 Å². The Hall–Kier alpha value is -2.96. The second kappa shape index (κ2) is 5.10. The van der Waals surface area contributed by atoms with Crippen molar-refractivity contribution in [3.8, 4) is 11.6 Å². The summed E-state index contributed by atoms with van der Waals surface area (Å²) in [4.78, 5) is 27.2. The predicted molar refractivity (Wildman–Crippen MR) is 80.7 cm³/mol. The zero-order valence-corrected chi connectivity index (χ0v) is 12.0. The second-order valence-electron chi connectivity index (χ2n) is 5.12. The highest BCUT2D eigenvalue weighted by Gasteiger charge is 2.20. The Morgan fingerprint density at radius 1 is 1.23 bits per heavy atom. The highest BCUT2D eigenvalue weighted by Crippen LogP contribution is 2.26. The molecule has 0 atom stereocenters. The van der Waals surface area contributed by atoms with Crippen LogP contribution in [-0.2, 0) is 0 Å². The van der Waals surface area contributed by atoms with Crippen LogP contribution in [0.5, 0.6) is 0 Å². The van der Waals surface area contributed by atoms with E-state index in [4.69, 9.17) is 4.42 Å². The number of fused-ring (bicyclic) bond motifs is 1. The number of benzene rings is 1. The molecule has 0 saturated carbocycles. The molecule has 7 heteroatoms. The van der Waals surface area contributed by atoms with Gasteiger partial charge in [0, 0.05) is 6.04 Å². The number of furan rings is 1. The predicted octanol–water partition coefficient (Wildman–Crippen LogP) is 3.15. The largest absolute Gasteiger partial charge is 0.433 e. The third-order valence-corrected chi connectivity index (χ3v) is 3.32. The lowest BCUT2D eigenvalue weighted by atomic mass is 10.2. The number of nitrogens with zero attached hydrogens (tertiary/aromatic N) is 3. The van der Waals surface area contributed by atoms with Crippen molar-refractivity contribution in [3.63, 3.8) is 0 Å². The van der Waals surface area contributed by atoms with Crippen molar-refractivity contribution < 1.29 is 9.34 Å². The molecule has 0 spiro atoms. The number of aromatic nitrogens is 2. The molecule has 2 aromatic heterocycles. The van der Waals surface area contributed by atoms with Crippen molar-refractivity contribution in [3.05, 3.63) is 56.9 Å². The molecular formula is C15H13N3O4. The summed E-state index contributed by atoms with van der Waals surface area (Å²) < 4.78 is 6.68. The van der Waals surface area contributed by atoms with Crippen LogP contribution >= 0.6 is 0 Å². The number of hydrogen-bond donors (Lipinski definition) is 0. The van der Waals surface area contributed by atoms with E-state index in [0.717, 1.165) is 0 Å². The molecule has 0 bridgehead atoms. The molecule has 0 fully saturated rings. The summed E-state index contributed by atoms with van der Waals surface area (Å²) in [6.45, 7) is 3.69. The molecule has 0 aliphatic heterocycles. The van der Waals surface area contributed by atoms with E-state index >= 15 is 0 Å². The van der Waals surface area contributed by atoms with Crippen molar-refractivity contribution in [2.75, 3.05) is 0 Å². The van der Waals surface area contributed by atoms with Gasteiger partial charge in [0.05, 0.1) is 17.0 Å². The van der Waals surface area contributed by atoms with Gasteiger partial charge in [0.2, 0.25) is 0 Å². The summed E-state index contributed by atoms with van der Waals surface area (Å²) in [5, 5.41) is 11.3. The third kappa shape index (κ3) is 2.16. The molecule has 0 N–H and O–H groups in total. The molecule has 0 radical (unpaired) electrons.